The number of aryl methyl sites for hydroxylation is 1. The van der Waals surface area contributed by atoms with Crippen LogP contribution in [0.5, 0.6) is 0 Å². The third-order valence-electron chi connectivity index (χ3n) is 3.98. The maximum atomic E-state index is 12.5. The molecule has 6 heteroatoms. The van der Waals surface area contributed by atoms with Crippen LogP contribution in [0.3, 0.4) is 0 Å². The van der Waals surface area contributed by atoms with E-state index in [0.29, 0.717) is 36.9 Å². The van der Waals surface area contributed by atoms with Gasteiger partial charge in [-0.15, -0.1) is 0 Å². The van der Waals surface area contributed by atoms with Crippen LogP contribution in [-0.2, 0) is 13.0 Å². The highest BCUT2D eigenvalue weighted by Crippen LogP contribution is 2.26. The topological polar surface area (TPSA) is 72.4 Å². The summed E-state index contributed by atoms with van der Waals surface area (Å²) >= 11 is 0. The summed E-state index contributed by atoms with van der Waals surface area (Å²) in [7, 11) is 0. The molecule has 2 aromatic heterocycles. The second-order valence-electron chi connectivity index (χ2n) is 5.50. The Morgan fingerprint density at radius 2 is 2.09 bits per heavy atom. The number of carbonyl (C=O) groups is 1. The Kier molecular flexibility index (Phi) is 3.22. The normalized spacial score (nSPS) is 13.9. The summed E-state index contributed by atoms with van der Waals surface area (Å²) in [6.07, 6.45) is 1.94. The van der Waals surface area contributed by atoms with Crippen molar-refractivity contribution in [3.63, 3.8) is 0 Å². The Labute approximate surface area is 132 Å². The summed E-state index contributed by atoms with van der Waals surface area (Å²) in [6.45, 7) is 2.76. The van der Waals surface area contributed by atoms with Gasteiger partial charge in [0.1, 0.15) is 11.5 Å². The first-order chi connectivity index (χ1) is 11.2. The summed E-state index contributed by atoms with van der Waals surface area (Å²) in [5.74, 6) is 1.58. The summed E-state index contributed by atoms with van der Waals surface area (Å²) in [4.78, 5) is 22.7. The standard InChI is InChI=1S/C17H15N3O3/c1-11-15(22-10-18-11)17(21)20-8-7-14-13(9-20)19-16(23-14)12-5-3-2-4-6-12/h2-6,10H,7-9H2,1H3. The number of fused-ring (bicyclic) bond motifs is 1. The number of nitrogens with zero attached hydrogens (tertiary/aromatic N) is 3. The summed E-state index contributed by atoms with van der Waals surface area (Å²) < 4.78 is 11.0. The van der Waals surface area contributed by atoms with Gasteiger partial charge in [0.25, 0.3) is 5.91 Å². The Morgan fingerprint density at radius 3 is 2.83 bits per heavy atom. The van der Waals surface area contributed by atoms with Crippen molar-refractivity contribution in [2.45, 2.75) is 19.9 Å². The minimum atomic E-state index is -0.157. The molecule has 4 rings (SSSR count). The molecule has 116 valence electrons. The molecule has 1 aliphatic heterocycles. The average Bonchev–Trinajstić information content (AvgIpc) is 3.20. The number of aromatic nitrogens is 2. The Bertz CT molecular complexity index is 851. The van der Waals surface area contributed by atoms with Gasteiger partial charge in [-0.3, -0.25) is 4.79 Å². The van der Waals surface area contributed by atoms with Gasteiger partial charge >= 0.3 is 0 Å². The predicted octanol–water partition coefficient (Wildman–Crippen LogP) is 2.84. The van der Waals surface area contributed by atoms with E-state index in [1.807, 2.05) is 30.3 Å². The molecule has 0 aliphatic carbocycles. The molecule has 0 fully saturated rings. The summed E-state index contributed by atoms with van der Waals surface area (Å²) in [6, 6.07) is 9.75. The first kappa shape index (κ1) is 13.8. The molecule has 0 atom stereocenters. The largest absolute Gasteiger partial charge is 0.441 e. The fraction of sp³-hybridized carbons (Fsp3) is 0.235. The van der Waals surface area contributed by atoms with Crippen LogP contribution in [0.15, 0.2) is 45.6 Å². The van der Waals surface area contributed by atoms with Crippen molar-refractivity contribution in [1.82, 2.24) is 14.9 Å². The molecule has 0 N–H and O–H groups in total. The molecular formula is C17H15N3O3. The molecule has 0 spiro atoms. The monoisotopic (exact) mass is 309 g/mol. The molecule has 6 nitrogen and oxygen atoms in total. The minimum Gasteiger partial charge on any atom is -0.441 e. The van der Waals surface area contributed by atoms with Crippen molar-refractivity contribution in [3.8, 4) is 11.5 Å². The Balaban J connectivity index is 1.59. The van der Waals surface area contributed by atoms with E-state index in [4.69, 9.17) is 8.83 Å². The van der Waals surface area contributed by atoms with E-state index in [2.05, 4.69) is 9.97 Å². The lowest BCUT2D eigenvalue weighted by Gasteiger charge is -2.24. The van der Waals surface area contributed by atoms with E-state index in [1.54, 1.807) is 11.8 Å². The van der Waals surface area contributed by atoms with Crippen LogP contribution in [0.25, 0.3) is 11.5 Å². The first-order valence-corrected chi connectivity index (χ1v) is 7.46. The fourth-order valence-electron chi connectivity index (χ4n) is 2.73. The highest BCUT2D eigenvalue weighted by atomic mass is 16.4. The average molecular weight is 309 g/mol. The van der Waals surface area contributed by atoms with E-state index in [-0.39, 0.29) is 5.91 Å². The van der Waals surface area contributed by atoms with Crippen molar-refractivity contribution in [3.05, 3.63) is 59.6 Å². The highest BCUT2D eigenvalue weighted by Gasteiger charge is 2.28. The van der Waals surface area contributed by atoms with E-state index >= 15 is 0 Å². The zero-order chi connectivity index (χ0) is 15.8. The predicted molar refractivity (Wildman–Crippen MR) is 81.6 cm³/mol. The van der Waals surface area contributed by atoms with Gasteiger partial charge in [0.15, 0.2) is 6.39 Å². The molecule has 0 saturated heterocycles. The van der Waals surface area contributed by atoms with Crippen molar-refractivity contribution in [2.24, 2.45) is 0 Å². The SMILES string of the molecule is Cc1ncoc1C(=O)N1CCc2oc(-c3ccccc3)nc2C1. The quantitative estimate of drug-likeness (QED) is 0.728. The molecule has 0 bridgehead atoms. The van der Waals surface area contributed by atoms with E-state index in [9.17, 15) is 4.79 Å². The second kappa shape index (κ2) is 5.39. The van der Waals surface area contributed by atoms with E-state index in [0.717, 1.165) is 17.0 Å². The molecule has 1 aliphatic rings. The van der Waals surface area contributed by atoms with Crippen LogP contribution < -0.4 is 0 Å². The lowest BCUT2D eigenvalue weighted by molar-refractivity contribution is 0.0694. The van der Waals surface area contributed by atoms with Gasteiger partial charge in [-0.25, -0.2) is 9.97 Å². The van der Waals surface area contributed by atoms with Crippen molar-refractivity contribution >= 4 is 5.91 Å². The highest BCUT2D eigenvalue weighted by molar-refractivity contribution is 5.92. The van der Waals surface area contributed by atoms with Gasteiger partial charge in [-0.2, -0.15) is 0 Å². The lowest BCUT2D eigenvalue weighted by atomic mass is 10.1. The third kappa shape index (κ3) is 2.42. The van der Waals surface area contributed by atoms with Gasteiger partial charge in [0.2, 0.25) is 11.7 Å². The number of amides is 1. The smallest absolute Gasteiger partial charge is 0.291 e. The summed E-state index contributed by atoms with van der Waals surface area (Å²) in [5.41, 5.74) is 2.34. The number of oxazole rings is 2. The molecular weight excluding hydrogens is 294 g/mol. The Morgan fingerprint density at radius 1 is 1.26 bits per heavy atom. The van der Waals surface area contributed by atoms with Crippen LogP contribution >= 0.6 is 0 Å². The van der Waals surface area contributed by atoms with Crippen molar-refractivity contribution in [2.75, 3.05) is 6.54 Å². The van der Waals surface area contributed by atoms with Gasteiger partial charge in [-0.1, -0.05) is 18.2 Å². The van der Waals surface area contributed by atoms with Crippen LogP contribution in [-0.4, -0.2) is 27.3 Å². The summed E-state index contributed by atoms with van der Waals surface area (Å²) in [5, 5.41) is 0. The number of carbonyl (C=O) groups excluding carboxylic acids is 1. The number of hydrogen-bond donors (Lipinski definition) is 0. The second-order valence-corrected chi connectivity index (χ2v) is 5.50. The van der Waals surface area contributed by atoms with E-state index < -0.39 is 0 Å². The van der Waals surface area contributed by atoms with Gasteiger partial charge < -0.3 is 13.7 Å². The molecule has 0 saturated carbocycles. The van der Waals surface area contributed by atoms with Gasteiger partial charge in [-0.05, 0) is 19.1 Å². The van der Waals surface area contributed by atoms with Crippen LogP contribution in [0.1, 0.15) is 27.7 Å². The first-order valence-electron chi connectivity index (χ1n) is 7.46. The van der Waals surface area contributed by atoms with Crippen molar-refractivity contribution < 1.29 is 13.6 Å². The van der Waals surface area contributed by atoms with Crippen LogP contribution in [0, 0.1) is 6.92 Å². The molecule has 0 radical (unpaired) electrons. The zero-order valence-corrected chi connectivity index (χ0v) is 12.7. The number of benzene rings is 1. The molecule has 1 amide bonds. The van der Waals surface area contributed by atoms with E-state index in [1.165, 1.54) is 6.39 Å². The lowest BCUT2D eigenvalue weighted by Crippen LogP contribution is -2.35. The van der Waals surface area contributed by atoms with Gasteiger partial charge in [0, 0.05) is 18.5 Å². The number of rotatable bonds is 2. The van der Waals surface area contributed by atoms with Crippen LogP contribution in [0.2, 0.25) is 0 Å². The Hall–Kier alpha value is -2.89. The molecule has 3 heterocycles. The number of hydrogen-bond acceptors (Lipinski definition) is 5. The van der Waals surface area contributed by atoms with Crippen molar-refractivity contribution in [1.29, 1.82) is 0 Å². The maximum Gasteiger partial charge on any atom is 0.291 e. The fourth-order valence-corrected chi connectivity index (χ4v) is 2.73. The zero-order valence-electron chi connectivity index (χ0n) is 12.7. The minimum absolute atomic E-state index is 0.157. The molecule has 1 aromatic carbocycles. The van der Waals surface area contributed by atoms with Gasteiger partial charge in [0.05, 0.1) is 12.2 Å². The maximum absolute atomic E-state index is 12.5. The molecule has 23 heavy (non-hydrogen) atoms. The third-order valence-corrected chi connectivity index (χ3v) is 3.98. The van der Waals surface area contributed by atoms with Crippen LogP contribution in [0.4, 0.5) is 0 Å². The molecule has 3 aromatic rings. The molecule has 0 unspecified atom stereocenters.